The van der Waals surface area contributed by atoms with Crippen LogP contribution in [0.3, 0.4) is 0 Å². The van der Waals surface area contributed by atoms with Gasteiger partial charge in [-0.1, -0.05) is 0 Å². The molecule has 3 fully saturated rings. The van der Waals surface area contributed by atoms with Gasteiger partial charge in [-0.2, -0.15) is 0 Å². The first-order valence-electron chi connectivity index (χ1n) is 16.5. The van der Waals surface area contributed by atoms with Crippen molar-refractivity contribution in [1.82, 2.24) is 14.7 Å². The van der Waals surface area contributed by atoms with Crippen LogP contribution in [0.25, 0.3) is 0 Å². The van der Waals surface area contributed by atoms with Crippen molar-refractivity contribution >= 4 is 26.5 Å². The third-order valence-electron chi connectivity index (χ3n) is 10.1. The highest BCUT2D eigenvalue weighted by molar-refractivity contribution is 6.59. The van der Waals surface area contributed by atoms with E-state index in [2.05, 4.69) is 83.1 Å². The summed E-state index contributed by atoms with van der Waals surface area (Å²) in [5.41, 5.74) is -2.41. The maximum Gasteiger partial charge on any atom is 0.498 e. The molecule has 0 radical (unpaired) electrons. The number of hydrogen-bond donors (Lipinski definition) is 0. The van der Waals surface area contributed by atoms with E-state index in [-0.39, 0.29) is 36.0 Å². The summed E-state index contributed by atoms with van der Waals surface area (Å²) in [6.07, 6.45) is 3.54. The van der Waals surface area contributed by atoms with Crippen molar-refractivity contribution in [2.24, 2.45) is 0 Å². The highest BCUT2D eigenvalue weighted by Gasteiger charge is 2.55. The molecule has 0 bridgehead atoms. The molecule has 0 spiro atoms. The van der Waals surface area contributed by atoms with Gasteiger partial charge in [-0.05, 0) is 122 Å². The Labute approximate surface area is 269 Å². The minimum absolute atomic E-state index is 0.0642. The predicted octanol–water partition coefficient (Wildman–Crippen LogP) is 6.31. The molecule has 0 saturated carbocycles. The van der Waals surface area contributed by atoms with Crippen molar-refractivity contribution in [2.75, 3.05) is 0 Å². The molecule has 0 N–H and O–H groups in total. The number of likely N-dealkylation sites (tertiary alicyclic amines) is 3. The number of carbonyl (C=O) groups excluding carboxylic acids is 3. The highest BCUT2D eigenvalue weighted by atomic mass is 28.4. The van der Waals surface area contributed by atoms with Gasteiger partial charge in [0.15, 0.2) is 0 Å². The molecule has 0 aromatic rings. The minimum Gasteiger partial charge on any atom is -0.370 e. The molecule has 3 saturated heterocycles. The SMILES string of the molecule is CC(=O)N1C(C)(C)CC(O[Si](C)(OC2CC(C)(C)N(C(C)=O)C(C)(C)C2)OC2CC(C)(C)N(C(C)=O)C(C)(C)C2)CC1(C)C. The summed E-state index contributed by atoms with van der Waals surface area (Å²) in [7, 11) is -3.34. The van der Waals surface area contributed by atoms with Crippen LogP contribution in [0, 0.1) is 0 Å². The Morgan fingerprint density at radius 2 is 0.614 bits per heavy atom. The van der Waals surface area contributed by atoms with Crippen LogP contribution in [0.5, 0.6) is 0 Å². The Hall–Kier alpha value is -1.49. The van der Waals surface area contributed by atoms with Gasteiger partial charge in [0.2, 0.25) is 17.7 Å². The van der Waals surface area contributed by atoms with E-state index in [1.807, 2.05) is 21.2 Å². The quantitative estimate of drug-likeness (QED) is 0.317. The zero-order chi connectivity index (χ0) is 34.1. The second kappa shape index (κ2) is 11.6. The Kier molecular flexibility index (Phi) is 9.78. The maximum atomic E-state index is 12.7. The van der Waals surface area contributed by atoms with Crippen LogP contribution in [-0.2, 0) is 27.7 Å². The van der Waals surface area contributed by atoms with Gasteiger partial charge < -0.3 is 28.0 Å². The van der Waals surface area contributed by atoms with E-state index >= 15 is 0 Å². The van der Waals surface area contributed by atoms with E-state index < -0.39 is 42.0 Å². The third-order valence-corrected chi connectivity index (χ3v) is 12.4. The molecule has 254 valence electrons. The van der Waals surface area contributed by atoms with Gasteiger partial charge in [0.05, 0.1) is 18.3 Å². The second-order valence-electron chi connectivity index (χ2n) is 17.7. The molecule has 0 aliphatic carbocycles. The standard InChI is InChI=1S/C34H63N3O6Si/c1-23(38)35-29(4,5)17-26(18-30(35,6)7)41-44(16,42-27-19-31(8,9)36(24(2)39)32(10,11)20-27)43-28-21-33(12,13)37(25(3)40)34(14,15)22-28/h26-28H,17-22H2,1-16H3. The van der Waals surface area contributed by atoms with Crippen LogP contribution >= 0.6 is 0 Å². The minimum atomic E-state index is -3.34. The van der Waals surface area contributed by atoms with Gasteiger partial charge in [0, 0.05) is 60.6 Å². The average molecular weight is 638 g/mol. The third kappa shape index (κ3) is 7.55. The largest absolute Gasteiger partial charge is 0.498 e. The fourth-order valence-electron chi connectivity index (χ4n) is 10.4. The smallest absolute Gasteiger partial charge is 0.370 e. The second-order valence-corrected chi connectivity index (χ2v) is 20.2. The van der Waals surface area contributed by atoms with Crippen LogP contribution in [0.2, 0.25) is 6.55 Å². The van der Waals surface area contributed by atoms with Gasteiger partial charge in [-0.3, -0.25) is 14.4 Å². The highest BCUT2D eigenvalue weighted by Crippen LogP contribution is 2.45. The van der Waals surface area contributed by atoms with Crippen LogP contribution in [0.4, 0.5) is 0 Å². The van der Waals surface area contributed by atoms with Gasteiger partial charge >= 0.3 is 8.80 Å². The summed E-state index contributed by atoms with van der Waals surface area (Å²) in [4.78, 5) is 44.2. The van der Waals surface area contributed by atoms with Gasteiger partial charge in [-0.25, -0.2) is 0 Å². The molecular weight excluding hydrogens is 574 g/mol. The summed E-state index contributed by atoms with van der Waals surface area (Å²) in [6.45, 7) is 32.3. The van der Waals surface area contributed by atoms with E-state index in [4.69, 9.17) is 13.3 Å². The zero-order valence-corrected chi connectivity index (χ0v) is 31.8. The number of carbonyl (C=O) groups is 3. The fraction of sp³-hybridized carbons (Fsp3) is 0.912. The van der Waals surface area contributed by atoms with Gasteiger partial charge in [0.25, 0.3) is 0 Å². The predicted molar refractivity (Wildman–Crippen MR) is 176 cm³/mol. The molecule has 44 heavy (non-hydrogen) atoms. The van der Waals surface area contributed by atoms with Crippen molar-refractivity contribution in [1.29, 1.82) is 0 Å². The summed E-state index contributed by atoms with van der Waals surface area (Å²) < 4.78 is 21.3. The fourth-order valence-corrected chi connectivity index (χ4v) is 12.8. The molecule has 3 rings (SSSR count). The monoisotopic (exact) mass is 637 g/mol. The summed E-state index contributed by atoms with van der Waals surface area (Å²) in [6, 6.07) is 0. The number of nitrogens with zero attached hydrogens (tertiary/aromatic N) is 3. The zero-order valence-electron chi connectivity index (χ0n) is 30.8. The lowest BCUT2D eigenvalue weighted by Gasteiger charge is -2.57. The number of hydrogen-bond acceptors (Lipinski definition) is 6. The lowest BCUT2D eigenvalue weighted by molar-refractivity contribution is -0.160. The molecule has 9 nitrogen and oxygen atoms in total. The first-order valence-corrected chi connectivity index (χ1v) is 18.7. The Morgan fingerprint density at radius 1 is 0.455 bits per heavy atom. The lowest BCUT2D eigenvalue weighted by Crippen LogP contribution is -2.67. The number of amides is 3. The van der Waals surface area contributed by atoms with Crippen molar-refractivity contribution in [2.45, 2.75) is 200 Å². The van der Waals surface area contributed by atoms with E-state index in [0.29, 0.717) is 38.5 Å². The van der Waals surface area contributed by atoms with E-state index in [1.54, 1.807) is 20.8 Å². The van der Waals surface area contributed by atoms with Crippen LogP contribution in [-0.4, -0.2) is 92.8 Å². The van der Waals surface area contributed by atoms with Gasteiger partial charge in [-0.15, -0.1) is 0 Å². The van der Waals surface area contributed by atoms with Crippen molar-refractivity contribution in [3.8, 4) is 0 Å². The Morgan fingerprint density at radius 3 is 0.750 bits per heavy atom. The average Bonchev–Trinajstić information content (AvgIpc) is 2.65. The first kappa shape index (κ1) is 37.0. The molecular formula is C34H63N3O6Si. The molecule has 3 heterocycles. The van der Waals surface area contributed by atoms with Gasteiger partial charge in [0.1, 0.15) is 0 Å². The molecule has 3 aliphatic rings. The molecule has 3 amide bonds. The molecule has 0 aromatic carbocycles. The lowest BCUT2D eigenvalue weighted by atomic mass is 9.78. The molecule has 0 aromatic heterocycles. The van der Waals surface area contributed by atoms with E-state index in [0.717, 1.165) is 0 Å². The molecule has 0 unspecified atom stereocenters. The maximum absolute atomic E-state index is 12.7. The number of piperidine rings is 3. The van der Waals surface area contributed by atoms with Crippen LogP contribution < -0.4 is 0 Å². The van der Waals surface area contributed by atoms with E-state index in [1.165, 1.54) is 0 Å². The number of rotatable bonds is 6. The Bertz CT molecular complexity index is 940. The first-order chi connectivity index (χ1) is 19.6. The molecule has 0 atom stereocenters. The normalized spacial score (nSPS) is 26.9. The molecule has 10 heteroatoms. The van der Waals surface area contributed by atoms with E-state index in [9.17, 15) is 14.4 Å². The van der Waals surface area contributed by atoms with Crippen molar-refractivity contribution in [3.63, 3.8) is 0 Å². The van der Waals surface area contributed by atoms with Crippen molar-refractivity contribution in [3.05, 3.63) is 0 Å². The summed E-state index contributed by atoms with van der Waals surface area (Å²) in [5, 5.41) is 0. The van der Waals surface area contributed by atoms with Crippen molar-refractivity contribution < 1.29 is 27.7 Å². The van der Waals surface area contributed by atoms with Crippen LogP contribution in [0.1, 0.15) is 142 Å². The summed E-state index contributed by atoms with van der Waals surface area (Å²) >= 11 is 0. The summed E-state index contributed by atoms with van der Waals surface area (Å²) in [5.74, 6) is 0.193. The topological polar surface area (TPSA) is 88.6 Å². The molecule has 3 aliphatic heterocycles. The Balaban J connectivity index is 1.98. The van der Waals surface area contributed by atoms with Crippen LogP contribution in [0.15, 0.2) is 0 Å².